The molecule has 0 bridgehead atoms. The molecule has 3 nitrogen and oxygen atoms in total. The molecule has 1 saturated heterocycles. The van der Waals surface area contributed by atoms with Crippen molar-refractivity contribution in [2.75, 3.05) is 6.61 Å². The SMILES string of the molecule is N#CC(C(=O)C1CCCCO1)c1cccs1. The average molecular weight is 235 g/mol. The van der Waals surface area contributed by atoms with E-state index in [0.29, 0.717) is 6.61 Å². The molecule has 0 amide bonds. The molecule has 2 rings (SSSR count). The number of carbonyl (C=O) groups excluding carboxylic acids is 1. The highest BCUT2D eigenvalue weighted by Crippen LogP contribution is 2.26. The molecular formula is C12H13NO2S. The molecule has 1 aromatic rings. The van der Waals surface area contributed by atoms with Gasteiger partial charge in [-0.05, 0) is 30.7 Å². The van der Waals surface area contributed by atoms with Gasteiger partial charge in [0.25, 0.3) is 0 Å². The molecule has 2 atom stereocenters. The van der Waals surface area contributed by atoms with Crippen molar-refractivity contribution in [1.29, 1.82) is 5.26 Å². The molecule has 0 saturated carbocycles. The fourth-order valence-corrected chi connectivity index (χ4v) is 2.65. The van der Waals surface area contributed by atoms with Crippen LogP contribution in [0.5, 0.6) is 0 Å². The summed E-state index contributed by atoms with van der Waals surface area (Å²) >= 11 is 1.45. The zero-order chi connectivity index (χ0) is 11.4. The molecule has 0 spiro atoms. The predicted octanol–water partition coefficient (Wildman–Crippen LogP) is 2.49. The summed E-state index contributed by atoms with van der Waals surface area (Å²) in [6, 6.07) is 5.78. The van der Waals surface area contributed by atoms with Gasteiger partial charge in [-0.1, -0.05) is 6.07 Å². The standard InChI is InChI=1S/C12H13NO2S/c13-8-9(11-5-3-7-16-11)12(14)10-4-1-2-6-15-10/h3,5,7,9-10H,1-2,4,6H2. The summed E-state index contributed by atoms with van der Waals surface area (Å²) < 4.78 is 5.42. The van der Waals surface area contributed by atoms with E-state index < -0.39 is 5.92 Å². The van der Waals surface area contributed by atoms with Crippen molar-refractivity contribution in [2.45, 2.75) is 31.3 Å². The Labute approximate surface area is 98.7 Å². The first-order valence-electron chi connectivity index (χ1n) is 5.41. The average Bonchev–Trinajstić information content (AvgIpc) is 2.85. The molecule has 0 aromatic carbocycles. The summed E-state index contributed by atoms with van der Waals surface area (Å²) in [5.74, 6) is -0.729. The van der Waals surface area contributed by atoms with E-state index >= 15 is 0 Å². The smallest absolute Gasteiger partial charge is 0.183 e. The second kappa shape index (κ2) is 5.24. The number of hydrogen-bond acceptors (Lipinski definition) is 4. The minimum absolute atomic E-state index is 0.0790. The lowest BCUT2D eigenvalue weighted by Crippen LogP contribution is -2.31. The van der Waals surface area contributed by atoms with Crippen LogP contribution in [0, 0.1) is 11.3 Å². The van der Waals surface area contributed by atoms with E-state index in [1.54, 1.807) is 0 Å². The third-order valence-electron chi connectivity index (χ3n) is 2.74. The summed E-state index contributed by atoms with van der Waals surface area (Å²) in [6.45, 7) is 0.638. The van der Waals surface area contributed by atoms with Crippen LogP contribution in [-0.4, -0.2) is 18.5 Å². The Balaban J connectivity index is 2.10. The molecule has 0 radical (unpaired) electrons. The number of nitrogens with zero attached hydrogens (tertiary/aromatic N) is 1. The third kappa shape index (κ3) is 2.31. The van der Waals surface area contributed by atoms with Crippen LogP contribution in [0.4, 0.5) is 0 Å². The molecule has 84 valence electrons. The van der Waals surface area contributed by atoms with Crippen LogP contribution in [-0.2, 0) is 9.53 Å². The molecular weight excluding hydrogens is 222 g/mol. The lowest BCUT2D eigenvalue weighted by molar-refractivity contribution is -0.133. The first kappa shape index (κ1) is 11.3. The normalized spacial score (nSPS) is 22.3. The quantitative estimate of drug-likeness (QED) is 0.808. The summed E-state index contributed by atoms with van der Waals surface area (Å²) in [6.07, 6.45) is 2.40. The Kier molecular flexibility index (Phi) is 3.70. The number of hydrogen-bond donors (Lipinski definition) is 0. The second-order valence-corrected chi connectivity index (χ2v) is 4.81. The minimum atomic E-state index is -0.650. The molecule has 16 heavy (non-hydrogen) atoms. The minimum Gasteiger partial charge on any atom is -0.370 e. The maximum Gasteiger partial charge on any atom is 0.183 e. The van der Waals surface area contributed by atoms with Gasteiger partial charge in [0.15, 0.2) is 5.78 Å². The van der Waals surface area contributed by atoms with E-state index in [1.165, 1.54) is 11.3 Å². The molecule has 2 heterocycles. The number of thiophene rings is 1. The van der Waals surface area contributed by atoms with Crippen LogP contribution >= 0.6 is 11.3 Å². The van der Waals surface area contributed by atoms with Crippen molar-refractivity contribution in [3.05, 3.63) is 22.4 Å². The number of carbonyl (C=O) groups is 1. The van der Waals surface area contributed by atoms with Gasteiger partial charge in [0.1, 0.15) is 12.0 Å². The van der Waals surface area contributed by atoms with Crippen LogP contribution in [0.3, 0.4) is 0 Å². The zero-order valence-electron chi connectivity index (χ0n) is 8.89. The Morgan fingerprint density at radius 2 is 2.50 bits per heavy atom. The van der Waals surface area contributed by atoms with Gasteiger partial charge in [-0.3, -0.25) is 4.79 Å². The van der Waals surface area contributed by atoms with Gasteiger partial charge in [-0.2, -0.15) is 5.26 Å². The van der Waals surface area contributed by atoms with E-state index in [-0.39, 0.29) is 11.9 Å². The lowest BCUT2D eigenvalue weighted by atomic mass is 9.95. The van der Waals surface area contributed by atoms with Gasteiger partial charge in [-0.25, -0.2) is 0 Å². The Morgan fingerprint density at radius 1 is 1.62 bits per heavy atom. The maximum absolute atomic E-state index is 12.1. The maximum atomic E-state index is 12.1. The van der Waals surface area contributed by atoms with Crippen LogP contribution in [0.25, 0.3) is 0 Å². The number of rotatable bonds is 3. The van der Waals surface area contributed by atoms with Gasteiger partial charge in [0.05, 0.1) is 6.07 Å². The van der Waals surface area contributed by atoms with Crippen LogP contribution < -0.4 is 0 Å². The lowest BCUT2D eigenvalue weighted by Gasteiger charge is -2.22. The molecule has 4 heteroatoms. The molecule has 2 unspecified atom stereocenters. The zero-order valence-corrected chi connectivity index (χ0v) is 9.70. The Bertz CT molecular complexity index is 388. The summed E-state index contributed by atoms with van der Waals surface area (Å²) in [5, 5.41) is 11.0. The van der Waals surface area contributed by atoms with Crippen molar-refractivity contribution in [3.63, 3.8) is 0 Å². The van der Waals surface area contributed by atoms with Crippen LogP contribution in [0.1, 0.15) is 30.1 Å². The van der Waals surface area contributed by atoms with E-state index in [9.17, 15) is 4.79 Å². The first-order valence-corrected chi connectivity index (χ1v) is 6.29. The van der Waals surface area contributed by atoms with Gasteiger partial charge in [0.2, 0.25) is 0 Å². The molecule has 1 aliphatic heterocycles. The first-order chi connectivity index (χ1) is 7.83. The largest absolute Gasteiger partial charge is 0.370 e. The Morgan fingerprint density at radius 3 is 3.06 bits per heavy atom. The molecule has 1 aromatic heterocycles. The number of ether oxygens (including phenoxy) is 1. The topological polar surface area (TPSA) is 50.1 Å². The molecule has 0 aliphatic carbocycles. The number of Topliss-reactive ketones (excluding diaryl/α,β-unsaturated/α-hetero) is 1. The molecule has 1 aliphatic rings. The fraction of sp³-hybridized carbons (Fsp3) is 0.500. The molecule has 0 N–H and O–H groups in total. The highest BCUT2D eigenvalue weighted by atomic mass is 32.1. The van der Waals surface area contributed by atoms with Gasteiger partial charge < -0.3 is 4.74 Å². The Hall–Kier alpha value is -1.18. The summed E-state index contributed by atoms with van der Waals surface area (Å²) in [7, 11) is 0. The fourth-order valence-electron chi connectivity index (χ4n) is 1.87. The van der Waals surface area contributed by atoms with Crippen molar-refractivity contribution in [2.24, 2.45) is 0 Å². The second-order valence-electron chi connectivity index (χ2n) is 3.84. The van der Waals surface area contributed by atoms with Crippen LogP contribution in [0.2, 0.25) is 0 Å². The van der Waals surface area contributed by atoms with Crippen molar-refractivity contribution in [3.8, 4) is 6.07 Å². The van der Waals surface area contributed by atoms with E-state index in [1.807, 2.05) is 17.5 Å². The van der Waals surface area contributed by atoms with Crippen molar-refractivity contribution >= 4 is 17.1 Å². The number of nitriles is 1. The van der Waals surface area contributed by atoms with E-state index in [4.69, 9.17) is 10.00 Å². The van der Waals surface area contributed by atoms with Crippen molar-refractivity contribution in [1.82, 2.24) is 0 Å². The highest BCUT2D eigenvalue weighted by molar-refractivity contribution is 7.10. The monoisotopic (exact) mass is 235 g/mol. The predicted molar refractivity (Wildman–Crippen MR) is 61.3 cm³/mol. The van der Waals surface area contributed by atoms with Crippen LogP contribution in [0.15, 0.2) is 17.5 Å². The van der Waals surface area contributed by atoms with Crippen molar-refractivity contribution < 1.29 is 9.53 Å². The van der Waals surface area contributed by atoms with Gasteiger partial charge in [-0.15, -0.1) is 11.3 Å². The summed E-state index contributed by atoms with van der Waals surface area (Å²) in [5.41, 5.74) is 0. The van der Waals surface area contributed by atoms with E-state index in [0.717, 1.165) is 24.1 Å². The highest BCUT2D eigenvalue weighted by Gasteiger charge is 2.30. The van der Waals surface area contributed by atoms with Gasteiger partial charge >= 0.3 is 0 Å². The summed E-state index contributed by atoms with van der Waals surface area (Å²) in [4.78, 5) is 12.9. The third-order valence-corrected chi connectivity index (χ3v) is 3.68. The molecule has 1 fully saturated rings. The van der Waals surface area contributed by atoms with Gasteiger partial charge in [0, 0.05) is 11.5 Å². The number of ketones is 1. The van der Waals surface area contributed by atoms with E-state index in [2.05, 4.69) is 6.07 Å².